The lowest BCUT2D eigenvalue weighted by Crippen LogP contribution is -2.35. The van der Waals surface area contributed by atoms with Crippen molar-refractivity contribution in [1.29, 1.82) is 0 Å². The van der Waals surface area contributed by atoms with Crippen molar-refractivity contribution in [3.8, 4) is 39.9 Å². The van der Waals surface area contributed by atoms with E-state index < -0.39 is 29.8 Å². The lowest BCUT2D eigenvalue weighted by atomic mass is 9.84. The first-order chi connectivity index (χ1) is 25.5. The monoisotopic (exact) mass is 753 g/mol. The van der Waals surface area contributed by atoms with E-state index in [2.05, 4.69) is 25.9 Å². The van der Waals surface area contributed by atoms with E-state index in [-0.39, 0.29) is 36.5 Å². The molecule has 1 amide bonds. The molecule has 53 heavy (non-hydrogen) atoms. The summed E-state index contributed by atoms with van der Waals surface area (Å²) in [5.74, 6) is 0.192. The number of carbonyl (C=O) groups excluding carboxylic acids is 1. The molecule has 0 bridgehead atoms. The molecule has 1 fully saturated rings. The van der Waals surface area contributed by atoms with Gasteiger partial charge in [0.15, 0.2) is 0 Å². The van der Waals surface area contributed by atoms with Gasteiger partial charge >= 0.3 is 6.18 Å². The molecule has 0 spiro atoms. The second-order valence-corrected chi connectivity index (χ2v) is 13.7. The molecular weight excluding hydrogens is 711 g/mol. The van der Waals surface area contributed by atoms with Crippen LogP contribution in [0.25, 0.3) is 22.4 Å². The number of rotatable bonds is 14. The fourth-order valence-electron chi connectivity index (χ4n) is 6.95. The molecule has 4 N–H and O–H groups in total. The molecule has 1 saturated heterocycles. The predicted octanol–water partition coefficient (Wildman–Crippen LogP) is 6.80. The van der Waals surface area contributed by atoms with Gasteiger partial charge in [-0.15, -0.1) is 0 Å². The highest BCUT2D eigenvalue weighted by atomic mass is 35.5. The highest BCUT2D eigenvalue weighted by Crippen LogP contribution is 2.45. The highest BCUT2D eigenvalue weighted by Gasteiger charge is 2.38. The van der Waals surface area contributed by atoms with Crippen LogP contribution in [0.5, 0.6) is 17.5 Å². The minimum absolute atomic E-state index is 0.00645. The number of halogens is 4. The Morgan fingerprint density at radius 2 is 1.81 bits per heavy atom. The molecule has 3 heterocycles. The SMILES string of the molecule is COc1cc(-c2nccc(-c3cccc4c3CCC[C@H]4Oc3nc(OC)c(CNCC(C)O)cc3C(F)(F)F)c2Cl)ccc1CNC[C@H]1CCC(=O)N1. The average molecular weight is 754 g/mol. The van der Waals surface area contributed by atoms with E-state index in [0.29, 0.717) is 55.2 Å². The Hall–Kier alpha value is -4.43. The van der Waals surface area contributed by atoms with E-state index in [1.807, 2.05) is 42.5 Å². The van der Waals surface area contributed by atoms with E-state index in [0.717, 1.165) is 45.9 Å². The number of amides is 1. The van der Waals surface area contributed by atoms with Crippen molar-refractivity contribution in [2.24, 2.45) is 0 Å². The summed E-state index contributed by atoms with van der Waals surface area (Å²) in [6.45, 7) is 2.99. The molecule has 1 aliphatic carbocycles. The molecule has 6 rings (SSSR count). The first-order valence-electron chi connectivity index (χ1n) is 17.6. The zero-order chi connectivity index (χ0) is 37.7. The number of fused-ring (bicyclic) bond motifs is 1. The number of hydrogen-bond donors (Lipinski definition) is 4. The first kappa shape index (κ1) is 38.3. The predicted molar refractivity (Wildman–Crippen MR) is 195 cm³/mol. The molecule has 10 nitrogen and oxygen atoms in total. The second kappa shape index (κ2) is 16.7. The number of alkyl halides is 3. The lowest BCUT2D eigenvalue weighted by molar-refractivity contribution is -0.139. The fourth-order valence-corrected chi connectivity index (χ4v) is 7.27. The van der Waals surface area contributed by atoms with Crippen LogP contribution in [-0.4, -0.2) is 60.4 Å². The Bertz CT molecular complexity index is 1940. The Morgan fingerprint density at radius 3 is 2.53 bits per heavy atom. The molecule has 0 radical (unpaired) electrons. The standard InChI is InChI=1S/C39H43ClF3N5O5/c1-22(49)18-44-20-25-16-31(39(41,42)43)38(48-37(25)52-3)53-32-9-5-7-27-28(6-4-8-29(27)32)30-14-15-46-36(35(30)40)23-10-11-24(33(17-23)51-2)19-45-21-26-12-13-34(50)47-26/h4,6,8,10-11,14-17,22,26,32,44-45,49H,5,7,9,12-13,18-21H2,1-3H3,(H,47,50)/t22?,26-,32-/m1/s1. The molecule has 282 valence electrons. The van der Waals surface area contributed by atoms with E-state index in [9.17, 15) is 23.1 Å². The van der Waals surface area contributed by atoms with Crippen molar-refractivity contribution in [2.75, 3.05) is 27.3 Å². The summed E-state index contributed by atoms with van der Waals surface area (Å²) in [4.78, 5) is 20.3. The van der Waals surface area contributed by atoms with Crippen molar-refractivity contribution in [1.82, 2.24) is 25.9 Å². The molecule has 4 aromatic rings. The second-order valence-electron chi connectivity index (χ2n) is 13.3. The van der Waals surface area contributed by atoms with Crippen molar-refractivity contribution in [3.63, 3.8) is 0 Å². The zero-order valence-electron chi connectivity index (χ0n) is 29.8. The van der Waals surface area contributed by atoms with Gasteiger partial charge in [0.25, 0.3) is 0 Å². The smallest absolute Gasteiger partial charge is 0.421 e. The van der Waals surface area contributed by atoms with Crippen molar-refractivity contribution >= 4 is 17.5 Å². The molecule has 2 aliphatic rings. The van der Waals surface area contributed by atoms with Crippen LogP contribution in [-0.2, 0) is 30.5 Å². The largest absolute Gasteiger partial charge is 0.496 e. The Balaban J connectivity index is 1.27. The lowest BCUT2D eigenvalue weighted by Gasteiger charge is -2.29. The Morgan fingerprint density at radius 1 is 1.00 bits per heavy atom. The third-order valence-electron chi connectivity index (χ3n) is 9.52. The summed E-state index contributed by atoms with van der Waals surface area (Å²) in [7, 11) is 2.95. The van der Waals surface area contributed by atoms with Gasteiger partial charge in [-0.05, 0) is 67.5 Å². The number of aliphatic hydroxyl groups excluding tert-OH is 1. The molecule has 3 atom stereocenters. The van der Waals surface area contributed by atoms with Gasteiger partial charge in [0.2, 0.25) is 17.7 Å². The maximum Gasteiger partial charge on any atom is 0.421 e. The van der Waals surface area contributed by atoms with Gasteiger partial charge in [0.05, 0.1) is 31.0 Å². The molecule has 14 heteroatoms. The van der Waals surface area contributed by atoms with Crippen LogP contribution in [0, 0.1) is 0 Å². The fraction of sp³-hybridized carbons (Fsp3) is 0.410. The van der Waals surface area contributed by atoms with Gasteiger partial charge < -0.3 is 35.3 Å². The summed E-state index contributed by atoms with van der Waals surface area (Å²) >= 11 is 7.11. The summed E-state index contributed by atoms with van der Waals surface area (Å²) in [5.41, 5.74) is 4.73. The number of aliphatic hydroxyl groups is 1. The van der Waals surface area contributed by atoms with Crippen LogP contribution < -0.4 is 30.2 Å². The first-order valence-corrected chi connectivity index (χ1v) is 18.0. The maximum absolute atomic E-state index is 14.4. The van der Waals surface area contributed by atoms with Crippen LogP contribution >= 0.6 is 11.6 Å². The molecule has 1 aliphatic heterocycles. The van der Waals surface area contributed by atoms with Crippen LogP contribution in [0.2, 0.25) is 5.02 Å². The number of nitrogens with one attached hydrogen (secondary N) is 3. The summed E-state index contributed by atoms with van der Waals surface area (Å²) in [6.07, 6.45) is -1.23. The van der Waals surface area contributed by atoms with Crippen molar-refractivity contribution in [3.05, 3.63) is 87.6 Å². The number of ether oxygens (including phenoxy) is 3. The van der Waals surface area contributed by atoms with Crippen LogP contribution in [0.1, 0.15) is 66.5 Å². The van der Waals surface area contributed by atoms with Gasteiger partial charge in [-0.2, -0.15) is 18.2 Å². The number of benzene rings is 2. The molecule has 0 saturated carbocycles. The third kappa shape index (κ3) is 8.86. The highest BCUT2D eigenvalue weighted by molar-refractivity contribution is 6.35. The van der Waals surface area contributed by atoms with E-state index in [1.54, 1.807) is 20.2 Å². The van der Waals surface area contributed by atoms with Gasteiger partial charge in [-0.25, -0.2) is 0 Å². The minimum atomic E-state index is -4.74. The Kier molecular flexibility index (Phi) is 12.1. The van der Waals surface area contributed by atoms with E-state index in [4.69, 9.17) is 25.8 Å². The summed E-state index contributed by atoms with van der Waals surface area (Å²) in [6, 6.07) is 14.4. The van der Waals surface area contributed by atoms with Gasteiger partial charge in [-0.3, -0.25) is 9.78 Å². The number of pyridine rings is 2. The van der Waals surface area contributed by atoms with E-state index in [1.165, 1.54) is 7.11 Å². The van der Waals surface area contributed by atoms with Gasteiger partial charge in [-0.1, -0.05) is 41.9 Å². The van der Waals surface area contributed by atoms with E-state index >= 15 is 0 Å². The number of methoxy groups -OCH3 is 2. The summed E-state index contributed by atoms with van der Waals surface area (Å²) in [5, 5.41) is 19.3. The Labute approximate surface area is 311 Å². The molecule has 2 aromatic heterocycles. The molecular formula is C39H43ClF3N5O5. The number of hydrogen-bond acceptors (Lipinski definition) is 9. The van der Waals surface area contributed by atoms with Crippen molar-refractivity contribution < 1.29 is 37.3 Å². The maximum atomic E-state index is 14.4. The quantitative estimate of drug-likeness (QED) is 0.110. The number of aromatic nitrogens is 2. The van der Waals surface area contributed by atoms with Gasteiger partial charge in [0.1, 0.15) is 17.4 Å². The topological polar surface area (TPSA) is 127 Å². The molecule has 2 aromatic carbocycles. The van der Waals surface area contributed by atoms with Crippen LogP contribution in [0.3, 0.4) is 0 Å². The van der Waals surface area contributed by atoms with Gasteiger partial charge in [0, 0.05) is 67.1 Å². The average Bonchev–Trinajstić information content (AvgIpc) is 3.56. The normalized spacial score (nSPS) is 17.6. The number of carbonyl (C=O) groups is 1. The zero-order valence-corrected chi connectivity index (χ0v) is 30.5. The van der Waals surface area contributed by atoms with Crippen molar-refractivity contribution in [2.45, 2.75) is 76.5 Å². The molecule has 1 unspecified atom stereocenters. The number of nitrogens with zero attached hydrogens (tertiary/aromatic N) is 2. The minimum Gasteiger partial charge on any atom is -0.496 e. The van der Waals surface area contributed by atoms with Crippen LogP contribution in [0.15, 0.2) is 54.7 Å². The third-order valence-corrected chi connectivity index (χ3v) is 9.90. The van der Waals surface area contributed by atoms with Crippen LogP contribution in [0.4, 0.5) is 13.2 Å². The summed E-state index contributed by atoms with van der Waals surface area (Å²) < 4.78 is 60.4.